The molecule has 0 aliphatic carbocycles. The van der Waals surface area contributed by atoms with E-state index >= 15 is 0 Å². The van der Waals surface area contributed by atoms with Gasteiger partial charge < -0.3 is 10.1 Å². The fourth-order valence-corrected chi connectivity index (χ4v) is 1.81. The van der Waals surface area contributed by atoms with E-state index in [0.717, 1.165) is 11.5 Å². The maximum Gasteiger partial charge on any atom is 0.339 e. The van der Waals surface area contributed by atoms with Gasteiger partial charge in [0.1, 0.15) is 5.75 Å². The number of carbonyl (C=O) groups excluding carboxylic acids is 1. The van der Waals surface area contributed by atoms with Crippen LogP contribution in [0.5, 0.6) is 5.75 Å². The Labute approximate surface area is 101 Å². The maximum atomic E-state index is 11.7. The second-order valence-electron chi connectivity index (χ2n) is 3.21. The second kappa shape index (κ2) is 4.84. The molecule has 0 fully saturated rings. The molecule has 0 radical (unpaired) electrons. The summed E-state index contributed by atoms with van der Waals surface area (Å²) in [6, 6.07) is 7.92. The topological polar surface area (TPSA) is 60.3 Å². The van der Waals surface area contributed by atoms with Crippen molar-refractivity contribution in [1.82, 2.24) is 3.96 Å². The smallest absolute Gasteiger partial charge is 0.339 e. The highest BCUT2D eigenvalue weighted by atomic mass is 32.1. The molecule has 1 heterocycles. The van der Waals surface area contributed by atoms with Gasteiger partial charge in [-0.25, -0.2) is 8.75 Å². The fraction of sp³-hybridized carbons (Fsp3) is 0.0909. The molecule has 0 saturated heterocycles. The number of benzene rings is 1. The number of amides is 1. The van der Waals surface area contributed by atoms with E-state index in [9.17, 15) is 9.59 Å². The van der Waals surface area contributed by atoms with Crippen molar-refractivity contribution in [3.05, 3.63) is 46.1 Å². The molecule has 2 rings (SSSR count). The summed E-state index contributed by atoms with van der Waals surface area (Å²) in [4.78, 5) is 22.6. The summed E-state index contributed by atoms with van der Waals surface area (Å²) in [6.45, 7) is 0. The minimum atomic E-state index is -0.359. The molecule has 1 aromatic carbocycles. The number of nitrogens with one attached hydrogen (secondary N) is 1. The first-order valence-corrected chi connectivity index (χ1v) is 5.61. The zero-order chi connectivity index (χ0) is 12.3. The van der Waals surface area contributed by atoms with Crippen LogP contribution in [0, 0.1) is 0 Å². The Morgan fingerprint density at radius 3 is 2.53 bits per heavy atom. The molecule has 0 saturated carbocycles. The number of nitrogens with zero attached hydrogens (tertiary/aromatic N) is 1. The van der Waals surface area contributed by atoms with Crippen LogP contribution in [0.4, 0.5) is 10.5 Å². The summed E-state index contributed by atoms with van der Waals surface area (Å²) < 4.78 is 6.09. The van der Waals surface area contributed by atoms with Gasteiger partial charge in [0, 0.05) is 18.0 Å². The normalized spacial score (nSPS) is 9.94. The summed E-state index contributed by atoms with van der Waals surface area (Å²) in [5.74, 6) is 0.716. The minimum Gasteiger partial charge on any atom is -0.497 e. The predicted octanol–water partition coefficient (Wildman–Crippen LogP) is 2.00. The van der Waals surface area contributed by atoms with Gasteiger partial charge in [-0.3, -0.25) is 4.79 Å². The summed E-state index contributed by atoms with van der Waals surface area (Å²) >= 11 is 0.847. The van der Waals surface area contributed by atoms with E-state index < -0.39 is 0 Å². The first-order chi connectivity index (χ1) is 8.19. The van der Waals surface area contributed by atoms with Gasteiger partial charge in [0.2, 0.25) is 4.74 Å². The Hall–Kier alpha value is -2.08. The number of methoxy groups -OCH3 is 1. The first-order valence-electron chi connectivity index (χ1n) is 4.83. The molecule has 6 heteroatoms. The predicted molar refractivity (Wildman–Crippen MR) is 66.0 cm³/mol. The molecule has 0 aliphatic rings. The Kier molecular flexibility index (Phi) is 3.24. The summed E-state index contributed by atoms with van der Waals surface area (Å²) in [7, 11) is 1.57. The van der Waals surface area contributed by atoms with Gasteiger partial charge in [-0.1, -0.05) is 0 Å². The third-order valence-corrected chi connectivity index (χ3v) is 2.88. The Bertz CT molecular complexity index is 571. The number of ether oxygens (including phenoxy) is 1. The van der Waals surface area contributed by atoms with Gasteiger partial charge in [0.25, 0.3) is 0 Å². The van der Waals surface area contributed by atoms with Gasteiger partial charge in [-0.15, -0.1) is 0 Å². The van der Waals surface area contributed by atoms with Gasteiger partial charge >= 0.3 is 6.03 Å². The first kappa shape index (κ1) is 11.4. The van der Waals surface area contributed by atoms with Crippen LogP contribution in [0.2, 0.25) is 0 Å². The molecule has 1 amide bonds. The molecule has 1 N–H and O–H groups in total. The van der Waals surface area contributed by atoms with Crippen molar-refractivity contribution in [1.29, 1.82) is 0 Å². The Balaban J connectivity index is 2.10. The number of hydrogen-bond donors (Lipinski definition) is 1. The van der Waals surface area contributed by atoms with Crippen molar-refractivity contribution in [2.45, 2.75) is 0 Å². The van der Waals surface area contributed by atoms with Crippen LogP contribution in [-0.2, 0) is 0 Å². The second-order valence-corrected chi connectivity index (χ2v) is 4.19. The Morgan fingerprint density at radius 2 is 2.00 bits per heavy atom. The van der Waals surface area contributed by atoms with Crippen LogP contribution < -0.4 is 14.8 Å². The molecule has 5 nitrogen and oxygen atoms in total. The van der Waals surface area contributed by atoms with Crippen molar-refractivity contribution < 1.29 is 9.53 Å². The lowest BCUT2D eigenvalue weighted by molar-refractivity contribution is 0.255. The van der Waals surface area contributed by atoms with E-state index in [0.29, 0.717) is 11.4 Å². The highest BCUT2D eigenvalue weighted by molar-refractivity contribution is 7.05. The summed E-state index contributed by atoms with van der Waals surface area (Å²) in [5.41, 5.74) is 0.643. The molecule has 0 unspecified atom stereocenters. The zero-order valence-electron chi connectivity index (χ0n) is 9.04. The van der Waals surface area contributed by atoms with Crippen molar-refractivity contribution in [2.24, 2.45) is 0 Å². The number of anilines is 1. The summed E-state index contributed by atoms with van der Waals surface area (Å²) in [6.07, 6.45) is 1.44. The lowest BCUT2D eigenvalue weighted by Crippen LogP contribution is -2.16. The van der Waals surface area contributed by atoms with Crippen molar-refractivity contribution >= 4 is 23.3 Å². The standard InChI is InChI=1S/C11H10N2O3S/c1-16-9-4-2-8(3-5-9)12-11(15)13-7-6-10(14)17-13/h2-7H,1H3,(H,12,15). The average molecular weight is 250 g/mol. The average Bonchev–Trinajstić information content (AvgIpc) is 2.77. The molecule has 0 spiro atoms. The van der Waals surface area contributed by atoms with Crippen LogP contribution in [0.3, 0.4) is 0 Å². The number of rotatable bonds is 2. The van der Waals surface area contributed by atoms with E-state index in [-0.39, 0.29) is 10.8 Å². The molecule has 2 aromatic rings. The zero-order valence-corrected chi connectivity index (χ0v) is 9.86. The monoisotopic (exact) mass is 250 g/mol. The van der Waals surface area contributed by atoms with Crippen LogP contribution in [-0.4, -0.2) is 17.1 Å². The van der Waals surface area contributed by atoms with Crippen LogP contribution in [0.25, 0.3) is 0 Å². The van der Waals surface area contributed by atoms with Crippen LogP contribution >= 0.6 is 11.5 Å². The molecule has 0 aliphatic heterocycles. The van der Waals surface area contributed by atoms with Crippen molar-refractivity contribution in [3.63, 3.8) is 0 Å². The van der Waals surface area contributed by atoms with Crippen molar-refractivity contribution in [2.75, 3.05) is 12.4 Å². The molecule has 1 aromatic heterocycles. The van der Waals surface area contributed by atoms with E-state index in [1.165, 1.54) is 16.2 Å². The minimum absolute atomic E-state index is 0.158. The fourth-order valence-electron chi connectivity index (χ4n) is 1.25. The molecule has 0 bridgehead atoms. The Morgan fingerprint density at radius 1 is 1.29 bits per heavy atom. The van der Waals surface area contributed by atoms with E-state index in [1.54, 1.807) is 31.4 Å². The van der Waals surface area contributed by atoms with Crippen LogP contribution in [0.1, 0.15) is 0 Å². The van der Waals surface area contributed by atoms with E-state index in [1.807, 2.05) is 0 Å². The lowest BCUT2D eigenvalue weighted by Gasteiger charge is -2.05. The van der Waals surface area contributed by atoms with Crippen molar-refractivity contribution in [3.8, 4) is 5.75 Å². The van der Waals surface area contributed by atoms with E-state index in [4.69, 9.17) is 4.74 Å². The molecule has 17 heavy (non-hydrogen) atoms. The van der Waals surface area contributed by atoms with Gasteiger partial charge in [-0.2, -0.15) is 0 Å². The SMILES string of the molecule is COc1ccc(NC(=O)n2ccc(=O)s2)cc1. The third kappa shape index (κ3) is 2.73. The molecular weight excluding hydrogens is 240 g/mol. The molecule has 88 valence electrons. The highest BCUT2D eigenvalue weighted by Crippen LogP contribution is 2.15. The number of aromatic nitrogens is 1. The number of hydrogen-bond acceptors (Lipinski definition) is 4. The lowest BCUT2D eigenvalue weighted by atomic mass is 10.3. The summed E-state index contributed by atoms with van der Waals surface area (Å²) in [5, 5.41) is 2.66. The highest BCUT2D eigenvalue weighted by Gasteiger charge is 2.05. The molecular formula is C11H10N2O3S. The quantitative estimate of drug-likeness (QED) is 0.886. The largest absolute Gasteiger partial charge is 0.497 e. The van der Waals surface area contributed by atoms with Crippen LogP contribution in [0.15, 0.2) is 41.3 Å². The van der Waals surface area contributed by atoms with Gasteiger partial charge in [-0.05, 0) is 35.8 Å². The third-order valence-electron chi connectivity index (χ3n) is 2.08. The van der Waals surface area contributed by atoms with Gasteiger partial charge in [0.15, 0.2) is 0 Å². The maximum absolute atomic E-state index is 11.7. The number of carbonyl (C=O) groups is 1. The van der Waals surface area contributed by atoms with Gasteiger partial charge in [0.05, 0.1) is 7.11 Å². The molecule has 0 atom stereocenters. The van der Waals surface area contributed by atoms with E-state index in [2.05, 4.69) is 5.32 Å².